The lowest BCUT2D eigenvalue weighted by Crippen LogP contribution is -2.34. The molecule has 2 N–H and O–H groups in total. The molecule has 0 aliphatic rings. The molecule has 6 heteroatoms. The Bertz CT molecular complexity index is 885. The van der Waals surface area contributed by atoms with E-state index in [-0.39, 0.29) is 24.6 Å². The van der Waals surface area contributed by atoms with E-state index in [2.05, 4.69) is 5.32 Å². The summed E-state index contributed by atoms with van der Waals surface area (Å²) in [5.74, 6) is -0.589. The molecule has 0 saturated heterocycles. The van der Waals surface area contributed by atoms with Crippen molar-refractivity contribution in [3.05, 3.63) is 68.7 Å². The fourth-order valence-corrected chi connectivity index (χ4v) is 3.18. The number of thiophene rings is 1. The monoisotopic (exact) mass is 343 g/mol. The Kier molecular flexibility index (Phi) is 5.08. The number of aliphatic hydroxyl groups excluding tert-OH is 1. The third-order valence-corrected chi connectivity index (χ3v) is 4.53. The summed E-state index contributed by atoms with van der Waals surface area (Å²) in [6, 6.07) is 10.6. The maximum Gasteiger partial charge on any atom is 0.349 e. The molecular formula is C18H17NO4S. The van der Waals surface area contributed by atoms with E-state index in [0.717, 1.165) is 5.56 Å². The van der Waals surface area contributed by atoms with Gasteiger partial charge in [0.2, 0.25) is 0 Å². The van der Waals surface area contributed by atoms with Gasteiger partial charge in [-0.25, -0.2) is 4.79 Å². The van der Waals surface area contributed by atoms with Crippen LogP contribution in [-0.4, -0.2) is 24.2 Å². The van der Waals surface area contributed by atoms with Crippen molar-refractivity contribution in [1.29, 1.82) is 0 Å². The maximum absolute atomic E-state index is 12.3. The molecule has 1 atom stereocenters. The number of carbonyl (C=O) groups excluding carboxylic acids is 1. The SMILES string of the molecule is O=C(NCC(CO)Cc1ccsc1)c1cc2ccccc2oc1=O. The standard InChI is InChI=1S/C18H17NO4S/c20-10-13(7-12-5-6-24-11-12)9-19-17(21)15-8-14-3-1-2-4-16(14)23-18(15)22/h1-6,8,11,13,20H,7,9-10H2,(H,19,21). The van der Waals surface area contributed by atoms with E-state index in [0.29, 0.717) is 17.4 Å². The highest BCUT2D eigenvalue weighted by Gasteiger charge is 2.16. The van der Waals surface area contributed by atoms with Gasteiger partial charge in [0, 0.05) is 24.5 Å². The van der Waals surface area contributed by atoms with Gasteiger partial charge < -0.3 is 14.8 Å². The lowest BCUT2D eigenvalue weighted by molar-refractivity contribution is 0.0936. The molecule has 0 saturated carbocycles. The third-order valence-electron chi connectivity index (χ3n) is 3.80. The molecule has 2 heterocycles. The average molecular weight is 343 g/mol. The molecule has 1 aromatic carbocycles. The minimum atomic E-state index is -0.662. The van der Waals surface area contributed by atoms with Gasteiger partial charge in [-0.3, -0.25) is 4.79 Å². The fraction of sp³-hybridized carbons (Fsp3) is 0.222. The van der Waals surface area contributed by atoms with E-state index in [9.17, 15) is 14.7 Å². The van der Waals surface area contributed by atoms with Crippen molar-refractivity contribution >= 4 is 28.2 Å². The van der Waals surface area contributed by atoms with E-state index < -0.39 is 11.5 Å². The van der Waals surface area contributed by atoms with Crippen molar-refractivity contribution in [2.45, 2.75) is 6.42 Å². The first-order chi connectivity index (χ1) is 11.7. The van der Waals surface area contributed by atoms with Crippen molar-refractivity contribution in [2.24, 2.45) is 5.92 Å². The Morgan fingerprint density at radius 3 is 2.88 bits per heavy atom. The summed E-state index contributed by atoms with van der Waals surface area (Å²) in [6.07, 6.45) is 0.673. The van der Waals surface area contributed by atoms with Crippen LogP contribution in [-0.2, 0) is 6.42 Å². The van der Waals surface area contributed by atoms with Gasteiger partial charge in [0.05, 0.1) is 0 Å². The van der Waals surface area contributed by atoms with Crippen LogP contribution in [0.3, 0.4) is 0 Å². The molecule has 0 radical (unpaired) electrons. The van der Waals surface area contributed by atoms with Crippen molar-refractivity contribution in [3.63, 3.8) is 0 Å². The lowest BCUT2D eigenvalue weighted by Gasteiger charge is -2.14. The minimum absolute atomic E-state index is 0.0269. The molecular weight excluding hydrogens is 326 g/mol. The van der Waals surface area contributed by atoms with Gasteiger partial charge in [-0.2, -0.15) is 11.3 Å². The number of hydrogen-bond acceptors (Lipinski definition) is 5. The molecule has 5 nitrogen and oxygen atoms in total. The largest absolute Gasteiger partial charge is 0.422 e. The van der Waals surface area contributed by atoms with E-state index in [4.69, 9.17) is 4.42 Å². The van der Waals surface area contributed by atoms with Gasteiger partial charge in [-0.1, -0.05) is 18.2 Å². The van der Waals surface area contributed by atoms with Crippen molar-refractivity contribution in [2.75, 3.05) is 13.2 Å². The number of fused-ring (bicyclic) bond motifs is 1. The number of rotatable bonds is 6. The molecule has 0 aliphatic carbocycles. The highest BCUT2D eigenvalue weighted by atomic mass is 32.1. The molecule has 24 heavy (non-hydrogen) atoms. The van der Waals surface area contributed by atoms with Crippen molar-refractivity contribution in [3.8, 4) is 0 Å². The van der Waals surface area contributed by atoms with Crippen molar-refractivity contribution < 1.29 is 14.3 Å². The summed E-state index contributed by atoms with van der Waals surface area (Å²) in [7, 11) is 0. The number of aliphatic hydroxyl groups is 1. The quantitative estimate of drug-likeness (QED) is 0.674. The summed E-state index contributed by atoms with van der Waals surface area (Å²) in [6.45, 7) is 0.250. The Labute approximate surface area is 142 Å². The molecule has 1 amide bonds. The molecule has 0 fully saturated rings. The van der Waals surface area contributed by atoms with Gasteiger partial charge in [0.15, 0.2) is 0 Å². The third kappa shape index (κ3) is 3.72. The predicted octanol–water partition coefficient (Wildman–Crippen LogP) is 2.44. The Morgan fingerprint density at radius 1 is 1.29 bits per heavy atom. The zero-order chi connectivity index (χ0) is 16.9. The highest BCUT2D eigenvalue weighted by Crippen LogP contribution is 2.14. The summed E-state index contributed by atoms with van der Waals surface area (Å²) in [4.78, 5) is 24.3. The summed E-state index contributed by atoms with van der Waals surface area (Å²) in [5.41, 5.74) is 0.883. The number of nitrogens with one attached hydrogen (secondary N) is 1. The topological polar surface area (TPSA) is 79.5 Å². The predicted molar refractivity (Wildman–Crippen MR) is 93.4 cm³/mol. The summed E-state index contributed by atoms with van der Waals surface area (Å²) >= 11 is 1.59. The first kappa shape index (κ1) is 16.4. The average Bonchev–Trinajstić information content (AvgIpc) is 3.10. The second-order valence-electron chi connectivity index (χ2n) is 5.58. The number of benzene rings is 1. The fourth-order valence-electron chi connectivity index (χ4n) is 2.50. The molecule has 2 aromatic heterocycles. The molecule has 3 rings (SSSR count). The number of para-hydroxylation sites is 1. The maximum atomic E-state index is 12.3. The van der Waals surface area contributed by atoms with Crippen molar-refractivity contribution in [1.82, 2.24) is 5.32 Å². The molecule has 0 aliphatic heterocycles. The van der Waals surface area contributed by atoms with Crippen LogP contribution in [0.5, 0.6) is 0 Å². The molecule has 124 valence electrons. The summed E-state index contributed by atoms with van der Waals surface area (Å²) < 4.78 is 5.17. The van der Waals surface area contributed by atoms with Crippen LogP contribution in [0.25, 0.3) is 11.0 Å². The van der Waals surface area contributed by atoms with E-state index in [1.165, 1.54) is 6.07 Å². The van der Waals surface area contributed by atoms with E-state index in [1.807, 2.05) is 22.9 Å². The van der Waals surface area contributed by atoms with Crippen LogP contribution >= 0.6 is 11.3 Å². The van der Waals surface area contributed by atoms with Gasteiger partial charge >= 0.3 is 5.63 Å². The molecule has 0 spiro atoms. The molecule has 1 unspecified atom stereocenters. The second-order valence-corrected chi connectivity index (χ2v) is 6.36. The van der Waals surface area contributed by atoms with Gasteiger partial charge in [0.25, 0.3) is 5.91 Å². The van der Waals surface area contributed by atoms with Crippen LogP contribution in [0.2, 0.25) is 0 Å². The van der Waals surface area contributed by atoms with Gasteiger partial charge in [-0.05, 0) is 40.9 Å². The Morgan fingerprint density at radius 2 is 2.12 bits per heavy atom. The zero-order valence-electron chi connectivity index (χ0n) is 12.9. The van der Waals surface area contributed by atoms with E-state index >= 15 is 0 Å². The molecule has 3 aromatic rings. The number of carbonyl (C=O) groups is 1. The zero-order valence-corrected chi connectivity index (χ0v) is 13.7. The highest BCUT2D eigenvalue weighted by molar-refractivity contribution is 7.07. The van der Waals surface area contributed by atoms with Crippen LogP contribution in [0.1, 0.15) is 15.9 Å². The normalized spacial score (nSPS) is 12.2. The minimum Gasteiger partial charge on any atom is -0.422 e. The van der Waals surface area contributed by atoms with Crippen LogP contribution < -0.4 is 10.9 Å². The van der Waals surface area contributed by atoms with Crippen LogP contribution in [0.4, 0.5) is 0 Å². The molecule has 0 bridgehead atoms. The van der Waals surface area contributed by atoms with Crippen LogP contribution in [0, 0.1) is 5.92 Å². The van der Waals surface area contributed by atoms with Crippen LogP contribution in [0.15, 0.2) is 56.4 Å². The smallest absolute Gasteiger partial charge is 0.349 e. The summed E-state index contributed by atoms with van der Waals surface area (Å²) in [5, 5.41) is 16.9. The lowest BCUT2D eigenvalue weighted by atomic mass is 10.0. The van der Waals surface area contributed by atoms with E-state index in [1.54, 1.807) is 29.5 Å². The van der Waals surface area contributed by atoms with Gasteiger partial charge in [0.1, 0.15) is 11.1 Å². The Hall–Kier alpha value is -2.44. The van der Waals surface area contributed by atoms with Gasteiger partial charge in [-0.15, -0.1) is 0 Å². The first-order valence-corrected chi connectivity index (χ1v) is 8.54. The number of amides is 1. The number of hydrogen-bond donors (Lipinski definition) is 2. The first-order valence-electron chi connectivity index (χ1n) is 7.60. The second kappa shape index (κ2) is 7.42. The Balaban J connectivity index is 1.70.